The van der Waals surface area contributed by atoms with Crippen molar-refractivity contribution in [2.24, 2.45) is 5.73 Å². The predicted molar refractivity (Wildman–Crippen MR) is 84.9 cm³/mol. The fourth-order valence-corrected chi connectivity index (χ4v) is 2.95. The Kier molecular flexibility index (Phi) is 5.67. The summed E-state index contributed by atoms with van der Waals surface area (Å²) in [6, 6.07) is 3.88. The molecule has 1 aliphatic heterocycles. The average molecular weight is 345 g/mol. The third-order valence-electron chi connectivity index (χ3n) is 3.77. The van der Waals surface area contributed by atoms with Crippen molar-refractivity contribution in [2.75, 3.05) is 13.7 Å². The van der Waals surface area contributed by atoms with Gasteiger partial charge in [0.1, 0.15) is 6.04 Å². The molecule has 0 radical (unpaired) electrons. The van der Waals surface area contributed by atoms with Crippen LogP contribution in [0.25, 0.3) is 0 Å². The highest BCUT2D eigenvalue weighted by molar-refractivity contribution is 6.42. The smallest absolute Gasteiger partial charge is 0.328 e. The van der Waals surface area contributed by atoms with Crippen LogP contribution in [0.15, 0.2) is 18.2 Å². The van der Waals surface area contributed by atoms with Crippen LogP contribution in [0, 0.1) is 0 Å². The molecule has 0 aliphatic carbocycles. The molecule has 2 atom stereocenters. The highest BCUT2D eigenvalue weighted by Gasteiger charge is 2.36. The summed E-state index contributed by atoms with van der Waals surface area (Å²) in [4.78, 5) is 25.7. The quantitative estimate of drug-likeness (QED) is 0.848. The van der Waals surface area contributed by atoms with E-state index >= 15 is 0 Å². The number of methoxy groups -OCH3 is 1. The number of halogens is 2. The standard InChI is InChI=1S/C15H18Cl2N2O3/c1-22-15(21)13-3-2-6-19(13)14(20)12(18)8-9-4-5-10(16)11(17)7-9/h4-5,7,12-13H,2-3,6,8,18H2,1H3/t12-,13+/m1/s1. The van der Waals surface area contributed by atoms with Gasteiger partial charge in [-0.2, -0.15) is 0 Å². The number of rotatable bonds is 4. The normalized spacial score (nSPS) is 19.1. The van der Waals surface area contributed by atoms with Crippen LogP contribution in [0.1, 0.15) is 18.4 Å². The molecule has 1 aromatic carbocycles. The van der Waals surface area contributed by atoms with E-state index < -0.39 is 18.1 Å². The van der Waals surface area contributed by atoms with E-state index in [-0.39, 0.29) is 5.91 Å². The first kappa shape index (κ1) is 17.1. The van der Waals surface area contributed by atoms with Crippen LogP contribution >= 0.6 is 23.2 Å². The summed E-state index contributed by atoms with van der Waals surface area (Å²) in [5.74, 6) is -0.647. The van der Waals surface area contributed by atoms with Crippen LogP contribution < -0.4 is 5.73 Å². The van der Waals surface area contributed by atoms with Gasteiger partial charge in [0, 0.05) is 6.54 Å². The second-order valence-electron chi connectivity index (χ2n) is 5.27. The molecule has 7 heteroatoms. The summed E-state index contributed by atoms with van der Waals surface area (Å²) in [6.07, 6.45) is 1.71. The number of nitrogens with two attached hydrogens (primary N) is 1. The molecule has 1 heterocycles. The van der Waals surface area contributed by atoms with Crippen molar-refractivity contribution < 1.29 is 14.3 Å². The van der Waals surface area contributed by atoms with Gasteiger partial charge < -0.3 is 15.4 Å². The van der Waals surface area contributed by atoms with Crippen molar-refractivity contribution in [3.05, 3.63) is 33.8 Å². The molecular formula is C15H18Cl2N2O3. The molecular weight excluding hydrogens is 327 g/mol. The number of amides is 1. The first-order valence-corrected chi connectivity index (χ1v) is 7.77. The molecule has 0 aromatic heterocycles. The van der Waals surface area contributed by atoms with Gasteiger partial charge in [-0.1, -0.05) is 29.3 Å². The lowest BCUT2D eigenvalue weighted by Crippen LogP contribution is -2.49. The Morgan fingerprint density at radius 2 is 2.14 bits per heavy atom. The Labute approximate surface area is 139 Å². The van der Waals surface area contributed by atoms with Gasteiger partial charge in [-0.15, -0.1) is 0 Å². The Bertz CT molecular complexity index is 580. The fraction of sp³-hybridized carbons (Fsp3) is 0.467. The van der Waals surface area contributed by atoms with E-state index in [9.17, 15) is 9.59 Å². The maximum atomic E-state index is 12.5. The lowest BCUT2D eigenvalue weighted by molar-refractivity contribution is -0.151. The highest BCUT2D eigenvalue weighted by atomic mass is 35.5. The minimum absolute atomic E-state index is 0.251. The number of esters is 1. The zero-order valence-electron chi connectivity index (χ0n) is 12.2. The van der Waals surface area contributed by atoms with Crippen molar-refractivity contribution in [3.8, 4) is 0 Å². The topological polar surface area (TPSA) is 72.6 Å². The third kappa shape index (κ3) is 3.72. The second kappa shape index (κ2) is 7.31. The van der Waals surface area contributed by atoms with Crippen LogP contribution in [0.3, 0.4) is 0 Å². The van der Waals surface area contributed by atoms with Crippen LogP contribution in [-0.2, 0) is 20.7 Å². The van der Waals surface area contributed by atoms with Crippen LogP contribution in [0.2, 0.25) is 10.0 Å². The summed E-state index contributed by atoms with van der Waals surface area (Å²) in [6.45, 7) is 0.522. The number of carbonyl (C=O) groups is 2. The molecule has 0 bridgehead atoms. The van der Waals surface area contributed by atoms with Gasteiger partial charge in [-0.3, -0.25) is 4.79 Å². The molecule has 1 amide bonds. The van der Waals surface area contributed by atoms with E-state index in [1.54, 1.807) is 18.2 Å². The molecule has 1 fully saturated rings. The Morgan fingerprint density at radius 3 is 2.77 bits per heavy atom. The Hall–Kier alpha value is -1.30. The van der Waals surface area contributed by atoms with E-state index in [2.05, 4.69) is 0 Å². The monoisotopic (exact) mass is 344 g/mol. The van der Waals surface area contributed by atoms with Gasteiger partial charge in [0.05, 0.1) is 23.2 Å². The number of hydrogen-bond acceptors (Lipinski definition) is 4. The molecule has 2 rings (SSSR count). The van der Waals surface area contributed by atoms with E-state index in [0.29, 0.717) is 29.4 Å². The Morgan fingerprint density at radius 1 is 1.41 bits per heavy atom. The van der Waals surface area contributed by atoms with Crippen molar-refractivity contribution in [1.29, 1.82) is 0 Å². The Balaban J connectivity index is 2.05. The zero-order valence-corrected chi connectivity index (χ0v) is 13.7. The first-order chi connectivity index (χ1) is 10.4. The van der Waals surface area contributed by atoms with Gasteiger partial charge in [-0.05, 0) is 37.0 Å². The SMILES string of the molecule is COC(=O)[C@@H]1CCCN1C(=O)[C@H](N)Cc1ccc(Cl)c(Cl)c1. The van der Waals surface area contributed by atoms with E-state index in [4.69, 9.17) is 33.7 Å². The average Bonchev–Trinajstić information content (AvgIpc) is 2.98. The molecule has 2 N–H and O–H groups in total. The van der Waals surface area contributed by atoms with Crippen LogP contribution in [0.4, 0.5) is 0 Å². The third-order valence-corrected chi connectivity index (χ3v) is 4.50. The first-order valence-electron chi connectivity index (χ1n) is 7.02. The number of hydrogen-bond donors (Lipinski definition) is 1. The van der Waals surface area contributed by atoms with Gasteiger partial charge in [0.15, 0.2) is 0 Å². The summed E-state index contributed by atoms with van der Waals surface area (Å²) in [5.41, 5.74) is 6.82. The molecule has 1 aromatic rings. The number of benzene rings is 1. The van der Waals surface area contributed by atoms with Crippen LogP contribution in [0.5, 0.6) is 0 Å². The van der Waals surface area contributed by atoms with Gasteiger partial charge in [-0.25, -0.2) is 4.79 Å². The zero-order chi connectivity index (χ0) is 16.3. The highest BCUT2D eigenvalue weighted by Crippen LogP contribution is 2.24. The lowest BCUT2D eigenvalue weighted by atomic mass is 10.1. The van der Waals surface area contributed by atoms with E-state index in [1.807, 2.05) is 0 Å². The van der Waals surface area contributed by atoms with E-state index in [1.165, 1.54) is 12.0 Å². The molecule has 1 aliphatic rings. The van der Waals surface area contributed by atoms with Crippen molar-refractivity contribution in [1.82, 2.24) is 4.90 Å². The maximum Gasteiger partial charge on any atom is 0.328 e. The summed E-state index contributed by atoms with van der Waals surface area (Å²) in [5, 5.41) is 0.878. The largest absolute Gasteiger partial charge is 0.467 e. The summed E-state index contributed by atoms with van der Waals surface area (Å²) >= 11 is 11.8. The molecule has 120 valence electrons. The summed E-state index contributed by atoms with van der Waals surface area (Å²) in [7, 11) is 1.32. The number of ether oxygens (including phenoxy) is 1. The molecule has 0 unspecified atom stereocenters. The second-order valence-corrected chi connectivity index (χ2v) is 6.09. The fourth-order valence-electron chi connectivity index (χ4n) is 2.63. The minimum Gasteiger partial charge on any atom is -0.467 e. The van der Waals surface area contributed by atoms with Gasteiger partial charge in [0.25, 0.3) is 0 Å². The van der Waals surface area contributed by atoms with Crippen molar-refractivity contribution in [3.63, 3.8) is 0 Å². The predicted octanol–water partition coefficient (Wildman–Crippen LogP) is 2.03. The number of carbonyl (C=O) groups excluding carboxylic acids is 2. The lowest BCUT2D eigenvalue weighted by Gasteiger charge is -2.25. The van der Waals surface area contributed by atoms with E-state index in [0.717, 1.165) is 12.0 Å². The summed E-state index contributed by atoms with van der Waals surface area (Å²) < 4.78 is 4.74. The maximum absolute atomic E-state index is 12.5. The molecule has 0 spiro atoms. The van der Waals surface area contributed by atoms with Crippen molar-refractivity contribution in [2.45, 2.75) is 31.3 Å². The number of likely N-dealkylation sites (tertiary alicyclic amines) is 1. The molecule has 1 saturated heterocycles. The molecule has 22 heavy (non-hydrogen) atoms. The minimum atomic E-state index is -0.734. The van der Waals surface area contributed by atoms with Gasteiger partial charge in [0.2, 0.25) is 5.91 Å². The molecule has 5 nitrogen and oxygen atoms in total. The van der Waals surface area contributed by atoms with Gasteiger partial charge >= 0.3 is 5.97 Å². The van der Waals surface area contributed by atoms with Crippen LogP contribution in [-0.4, -0.2) is 42.5 Å². The van der Waals surface area contributed by atoms with Crippen molar-refractivity contribution >= 4 is 35.1 Å². The number of nitrogens with zero attached hydrogens (tertiary/aromatic N) is 1. The molecule has 0 saturated carbocycles.